The maximum Gasteiger partial charge on any atom is 0.133 e. The first kappa shape index (κ1) is 12.5. The van der Waals surface area contributed by atoms with Crippen LogP contribution in [-0.2, 0) is 4.79 Å². The van der Waals surface area contributed by atoms with Gasteiger partial charge in [0.05, 0.1) is 0 Å². The van der Waals surface area contributed by atoms with Gasteiger partial charge in [0.15, 0.2) is 0 Å². The number of ketones is 1. The normalized spacial score (nSPS) is 11.2. The molecule has 0 spiro atoms. The van der Waals surface area contributed by atoms with Crippen LogP contribution in [0.5, 0.6) is 0 Å². The van der Waals surface area contributed by atoms with E-state index in [0.717, 1.165) is 22.2 Å². The van der Waals surface area contributed by atoms with Crippen molar-refractivity contribution in [1.82, 2.24) is 0 Å². The lowest BCUT2D eigenvalue weighted by atomic mass is 9.93. The summed E-state index contributed by atoms with van der Waals surface area (Å²) in [6, 6.07) is 7.54. The Hall–Kier alpha value is -1.57. The van der Waals surface area contributed by atoms with Crippen molar-refractivity contribution < 1.29 is 4.79 Å². The van der Waals surface area contributed by atoms with Gasteiger partial charge in [-0.15, -0.1) is 0 Å². The van der Waals surface area contributed by atoms with Gasteiger partial charge in [0, 0.05) is 6.42 Å². The van der Waals surface area contributed by atoms with Crippen molar-refractivity contribution in [3.63, 3.8) is 0 Å². The molecule has 0 heterocycles. The Morgan fingerprint density at radius 3 is 2.38 bits per heavy atom. The van der Waals surface area contributed by atoms with E-state index in [0.29, 0.717) is 6.42 Å². The quantitative estimate of drug-likeness (QED) is 0.550. The molecule has 0 aromatic heterocycles. The first-order valence-corrected chi connectivity index (χ1v) is 5.20. The number of allylic oxidation sites excluding steroid dienone is 3. The minimum Gasteiger partial charge on any atom is -0.300 e. The Morgan fingerprint density at radius 2 is 1.88 bits per heavy atom. The number of hydrogen-bond acceptors (Lipinski definition) is 1. The van der Waals surface area contributed by atoms with Crippen LogP contribution in [-0.4, -0.2) is 13.6 Å². The highest BCUT2D eigenvalue weighted by Gasteiger charge is 1.99. The van der Waals surface area contributed by atoms with Crippen molar-refractivity contribution in [2.45, 2.75) is 20.3 Å². The molecule has 1 aromatic carbocycles. The van der Waals surface area contributed by atoms with Crippen LogP contribution in [0.25, 0.3) is 5.57 Å². The van der Waals surface area contributed by atoms with E-state index < -0.39 is 0 Å². The summed E-state index contributed by atoms with van der Waals surface area (Å²) in [5, 5.41) is 0. The largest absolute Gasteiger partial charge is 0.300 e. The van der Waals surface area contributed by atoms with Crippen molar-refractivity contribution in [3.05, 3.63) is 48.1 Å². The molecule has 0 unspecified atom stereocenters. The van der Waals surface area contributed by atoms with E-state index in [2.05, 4.69) is 6.58 Å². The summed E-state index contributed by atoms with van der Waals surface area (Å²) in [6.07, 6.45) is 2.42. The van der Waals surface area contributed by atoms with Crippen LogP contribution < -0.4 is 5.46 Å². The summed E-state index contributed by atoms with van der Waals surface area (Å²) in [5.41, 5.74) is 3.69. The summed E-state index contributed by atoms with van der Waals surface area (Å²) in [7, 11) is 5.60. The van der Waals surface area contributed by atoms with Gasteiger partial charge in [-0.2, -0.15) is 0 Å². The lowest BCUT2D eigenvalue weighted by molar-refractivity contribution is -0.116. The molecule has 1 aromatic rings. The van der Waals surface area contributed by atoms with Crippen LogP contribution in [0.4, 0.5) is 0 Å². The molecule has 80 valence electrons. The van der Waals surface area contributed by atoms with E-state index in [1.165, 1.54) is 0 Å². The van der Waals surface area contributed by atoms with Gasteiger partial charge in [-0.3, -0.25) is 4.79 Å². The van der Waals surface area contributed by atoms with E-state index in [-0.39, 0.29) is 5.78 Å². The van der Waals surface area contributed by atoms with Gasteiger partial charge in [-0.25, -0.2) is 0 Å². The molecule has 0 aliphatic rings. The second kappa shape index (κ2) is 5.50. The topological polar surface area (TPSA) is 17.1 Å². The van der Waals surface area contributed by atoms with E-state index in [1.807, 2.05) is 37.3 Å². The molecule has 0 fully saturated rings. The molecule has 16 heavy (non-hydrogen) atoms. The highest BCUT2D eigenvalue weighted by Crippen LogP contribution is 2.15. The average Bonchev–Trinajstić information content (AvgIpc) is 2.16. The van der Waals surface area contributed by atoms with Crippen molar-refractivity contribution in [3.8, 4) is 0 Å². The van der Waals surface area contributed by atoms with Gasteiger partial charge in [0.25, 0.3) is 0 Å². The Kier molecular flexibility index (Phi) is 4.30. The fourth-order valence-corrected chi connectivity index (χ4v) is 1.52. The van der Waals surface area contributed by atoms with Crippen LogP contribution >= 0.6 is 0 Å². The van der Waals surface area contributed by atoms with Gasteiger partial charge < -0.3 is 0 Å². The molecule has 0 atom stereocenters. The summed E-state index contributed by atoms with van der Waals surface area (Å²) < 4.78 is 0. The molecular formula is C14H15BO. The number of carbonyl (C=O) groups is 1. The lowest BCUT2D eigenvalue weighted by Crippen LogP contribution is -2.00. The zero-order valence-electron chi connectivity index (χ0n) is 9.79. The first-order valence-electron chi connectivity index (χ1n) is 5.20. The smallest absolute Gasteiger partial charge is 0.133 e. The van der Waals surface area contributed by atoms with E-state index in [9.17, 15) is 4.79 Å². The molecule has 0 saturated carbocycles. The van der Waals surface area contributed by atoms with Crippen molar-refractivity contribution in [1.29, 1.82) is 0 Å². The fraction of sp³-hybridized carbons (Fsp3) is 0.214. The number of hydrogen-bond donors (Lipinski definition) is 0. The third-order valence-corrected chi connectivity index (χ3v) is 2.23. The van der Waals surface area contributed by atoms with Gasteiger partial charge in [0.1, 0.15) is 13.6 Å². The summed E-state index contributed by atoms with van der Waals surface area (Å²) >= 11 is 0. The van der Waals surface area contributed by atoms with Crippen LogP contribution in [0, 0.1) is 0 Å². The van der Waals surface area contributed by atoms with Crippen LogP contribution in [0.1, 0.15) is 25.8 Å². The molecule has 0 amide bonds. The molecule has 0 bridgehead atoms. The van der Waals surface area contributed by atoms with Crippen LogP contribution in [0.3, 0.4) is 0 Å². The van der Waals surface area contributed by atoms with Gasteiger partial charge in [-0.1, -0.05) is 48.0 Å². The second-order valence-electron chi connectivity index (χ2n) is 4.02. The minimum absolute atomic E-state index is 0.166. The Bertz CT molecular complexity index is 427. The lowest BCUT2D eigenvalue weighted by Gasteiger charge is -2.03. The SMILES string of the molecule is [B]c1ccc(C(=C)/C=C(\C)CC(C)=O)cc1. The van der Waals surface area contributed by atoms with E-state index in [4.69, 9.17) is 7.85 Å². The van der Waals surface area contributed by atoms with Crippen LogP contribution in [0.15, 0.2) is 42.5 Å². The minimum atomic E-state index is 0.166. The molecule has 2 heteroatoms. The number of carbonyl (C=O) groups excluding carboxylic acids is 1. The third-order valence-electron chi connectivity index (χ3n) is 2.23. The fourth-order valence-electron chi connectivity index (χ4n) is 1.52. The van der Waals surface area contributed by atoms with E-state index in [1.54, 1.807) is 6.92 Å². The standard InChI is InChI=1S/C14H15BO/c1-10(9-12(3)16)8-11(2)13-4-6-14(15)7-5-13/h4-8H,2,9H2,1,3H3/b10-8+. The molecule has 2 radical (unpaired) electrons. The predicted octanol–water partition coefficient (Wildman–Crippen LogP) is 2.42. The molecule has 0 aliphatic heterocycles. The summed E-state index contributed by atoms with van der Waals surface area (Å²) in [6.45, 7) is 7.49. The molecule has 1 rings (SSSR count). The zero-order valence-corrected chi connectivity index (χ0v) is 9.79. The molecule has 0 saturated heterocycles. The van der Waals surface area contributed by atoms with Gasteiger partial charge in [-0.05, 0) is 25.0 Å². The Morgan fingerprint density at radius 1 is 1.31 bits per heavy atom. The average molecular weight is 210 g/mol. The zero-order chi connectivity index (χ0) is 12.1. The highest BCUT2D eigenvalue weighted by molar-refractivity contribution is 6.32. The summed E-state index contributed by atoms with van der Waals surface area (Å²) in [5.74, 6) is 0.166. The number of Topliss-reactive ketones (excluding diaryl/α,β-unsaturated/α-hetero) is 1. The van der Waals surface area contributed by atoms with E-state index >= 15 is 0 Å². The Balaban J connectivity index is 2.79. The van der Waals surface area contributed by atoms with Gasteiger partial charge in [0.2, 0.25) is 0 Å². The van der Waals surface area contributed by atoms with Crippen molar-refractivity contribution in [2.75, 3.05) is 0 Å². The first-order chi connectivity index (χ1) is 7.49. The predicted molar refractivity (Wildman–Crippen MR) is 69.9 cm³/mol. The Labute approximate surface area is 98.3 Å². The maximum atomic E-state index is 10.9. The van der Waals surface area contributed by atoms with Crippen molar-refractivity contribution in [2.24, 2.45) is 0 Å². The maximum absolute atomic E-state index is 10.9. The molecular weight excluding hydrogens is 195 g/mol. The monoisotopic (exact) mass is 210 g/mol. The highest BCUT2D eigenvalue weighted by atomic mass is 16.1. The third kappa shape index (κ3) is 3.89. The van der Waals surface area contributed by atoms with Gasteiger partial charge >= 0.3 is 0 Å². The second-order valence-corrected chi connectivity index (χ2v) is 4.02. The summed E-state index contributed by atoms with van der Waals surface area (Å²) in [4.78, 5) is 10.9. The molecule has 0 N–H and O–H groups in total. The van der Waals surface area contributed by atoms with Crippen molar-refractivity contribution >= 4 is 24.7 Å². The van der Waals surface area contributed by atoms with Crippen LogP contribution in [0.2, 0.25) is 0 Å². The number of benzene rings is 1. The number of rotatable bonds is 4. The molecule has 1 nitrogen and oxygen atoms in total. The molecule has 0 aliphatic carbocycles.